The predicted molar refractivity (Wildman–Crippen MR) is 82.3 cm³/mol. The molecule has 1 aliphatic rings. The molecule has 1 aliphatic heterocycles. The van der Waals surface area contributed by atoms with Crippen LogP contribution in [0, 0.1) is 12.3 Å². The maximum atomic E-state index is 12.7. The van der Waals surface area contributed by atoms with Gasteiger partial charge in [0.2, 0.25) is 0 Å². The van der Waals surface area contributed by atoms with Crippen LogP contribution in [0.3, 0.4) is 0 Å². The Morgan fingerprint density at radius 3 is 2.76 bits per heavy atom. The lowest BCUT2D eigenvalue weighted by Crippen LogP contribution is -2.34. The number of carbonyl (C=O) groups excluding carboxylic acids is 1. The molecule has 1 atom stereocenters. The zero-order valence-corrected chi connectivity index (χ0v) is 13.6. The third-order valence-corrected chi connectivity index (χ3v) is 4.61. The molecule has 5 nitrogen and oxygen atoms in total. The summed E-state index contributed by atoms with van der Waals surface area (Å²) in [4.78, 5) is 14.6. The highest BCUT2D eigenvalue weighted by Gasteiger charge is 2.39. The second kappa shape index (κ2) is 6.18. The van der Waals surface area contributed by atoms with E-state index in [-0.39, 0.29) is 24.0 Å². The van der Waals surface area contributed by atoms with Gasteiger partial charge in [0.1, 0.15) is 0 Å². The summed E-state index contributed by atoms with van der Waals surface area (Å²) in [7, 11) is 0. The maximum Gasteiger partial charge on any atom is 0.257 e. The van der Waals surface area contributed by atoms with Crippen LogP contribution in [0.1, 0.15) is 62.1 Å². The summed E-state index contributed by atoms with van der Waals surface area (Å²) in [5.41, 5.74) is 1.51. The largest absolute Gasteiger partial charge is 0.396 e. The van der Waals surface area contributed by atoms with Crippen molar-refractivity contribution in [3.63, 3.8) is 0 Å². The van der Waals surface area contributed by atoms with Crippen molar-refractivity contribution in [2.24, 2.45) is 5.41 Å². The third kappa shape index (κ3) is 2.98. The van der Waals surface area contributed by atoms with E-state index in [0.717, 1.165) is 31.5 Å². The van der Waals surface area contributed by atoms with Crippen molar-refractivity contribution in [1.82, 2.24) is 14.7 Å². The minimum Gasteiger partial charge on any atom is -0.396 e. The van der Waals surface area contributed by atoms with E-state index in [1.807, 2.05) is 16.5 Å². The normalized spacial score (nSPS) is 22.3. The molecule has 1 saturated heterocycles. The lowest BCUT2D eigenvalue weighted by Gasteiger charge is -2.26. The minimum atomic E-state index is -0.105. The fourth-order valence-corrected chi connectivity index (χ4v) is 3.38. The molecule has 0 aliphatic carbocycles. The van der Waals surface area contributed by atoms with Gasteiger partial charge in [-0.05, 0) is 33.6 Å². The smallest absolute Gasteiger partial charge is 0.257 e. The molecule has 2 heterocycles. The first kappa shape index (κ1) is 16.0. The standard InChI is InChI=1S/C16H27N3O2/c1-5-6-16(11-20)7-8-18(10-16)15(21)14-9-17-19(12(2)3)13(14)4/h9,12,20H,5-8,10-11H2,1-4H3. The molecule has 0 saturated carbocycles. The summed E-state index contributed by atoms with van der Waals surface area (Å²) in [5, 5.41) is 14.0. The van der Waals surface area contributed by atoms with Crippen LogP contribution < -0.4 is 0 Å². The lowest BCUT2D eigenvalue weighted by atomic mass is 9.83. The summed E-state index contributed by atoms with van der Waals surface area (Å²) >= 11 is 0. The Labute approximate surface area is 126 Å². The molecule has 1 unspecified atom stereocenters. The zero-order chi connectivity index (χ0) is 15.6. The SMILES string of the molecule is CCCC1(CO)CCN(C(=O)c2cnn(C(C)C)c2C)C1. The second-order valence-corrected chi connectivity index (χ2v) is 6.57. The Bertz CT molecular complexity index is 510. The number of likely N-dealkylation sites (tertiary alicyclic amines) is 1. The van der Waals surface area contributed by atoms with E-state index in [1.165, 1.54) is 0 Å². The highest BCUT2D eigenvalue weighted by Crippen LogP contribution is 2.35. The van der Waals surface area contributed by atoms with E-state index < -0.39 is 0 Å². The number of rotatable bonds is 5. The van der Waals surface area contributed by atoms with E-state index in [4.69, 9.17) is 0 Å². The number of amides is 1. The molecule has 0 radical (unpaired) electrons. The van der Waals surface area contributed by atoms with Gasteiger partial charge >= 0.3 is 0 Å². The molecule has 1 aromatic rings. The number of aliphatic hydroxyl groups excluding tert-OH is 1. The van der Waals surface area contributed by atoms with Gasteiger partial charge in [-0.15, -0.1) is 0 Å². The quantitative estimate of drug-likeness (QED) is 0.907. The summed E-state index contributed by atoms with van der Waals surface area (Å²) in [5.74, 6) is 0.0471. The van der Waals surface area contributed by atoms with Gasteiger partial charge in [-0.2, -0.15) is 5.10 Å². The van der Waals surface area contributed by atoms with E-state index in [0.29, 0.717) is 12.1 Å². The molecular weight excluding hydrogens is 266 g/mol. The molecule has 0 bridgehead atoms. The van der Waals surface area contributed by atoms with E-state index >= 15 is 0 Å². The summed E-state index contributed by atoms with van der Waals surface area (Å²) in [6, 6.07) is 0.252. The van der Waals surface area contributed by atoms with Crippen molar-refractivity contribution >= 4 is 5.91 Å². The Balaban J connectivity index is 2.15. The highest BCUT2D eigenvalue weighted by atomic mass is 16.3. The van der Waals surface area contributed by atoms with Crippen molar-refractivity contribution in [3.8, 4) is 0 Å². The molecule has 1 aromatic heterocycles. The van der Waals surface area contributed by atoms with Crippen molar-refractivity contribution < 1.29 is 9.90 Å². The van der Waals surface area contributed by atoms with E-state index in [2.05, 4.69) is 25.9 Å². The van der Waals surface area contributed by atoms with Crippen molar-refractivity contribution in [2.45, 2.75) is 53.0 Å². The van der Waals surface area contributed by atoms with Crippen LogP contribution in [0.15, 0.2) is 6.20 Å². The maximum absolute atomic E-state index is 12.7. The number of hydrogen-bond acceptors (Lipinski definition) is 3. The number of aromatic nitrogens is 2. The fraction of sp³-hybridized carbons (Fsp3) is 0.750. The van der Waals surface area contributed by atoms with Gasteiger partial charge in [0.15, 0.2) is 0 Å². The number of aliphatic hydroxyl groups is 1. The van der Waals surface area contributed by atoms with Gasteiger partial charge in [0.05, 0.1) is 18.4 Å². The van der Waals surface area contributed by atoms with Crippen LogP contribution in [-0.2, 0) is 0 Å². The van der Waals surface area contributed by atoms with Crippen LogP contribution in [0.5, 0.6) is 0 Å². The third-order valence-electron chi connectivity index (χ3n) is 4.61. The molecule has 21 heavy (non-hydrogen) atoms. The number of carbonyl (C=O) groups is 1. The molecule has 118 valence electrons. The summed E-state index contributed by atoms with van der Waals surface area (Å²) in [6.45, 7) is 9.73. The van der Waals surface area contributed by atoms with Gasteiger partial charge in [-0.25, -0.2) is 0 Å². The topological polar surface area (TPSA) is 58.4 Å². The molecule has 0 aromatic carbocycles. The van der Waals surface area contributed by atoms with Crippen LogP contribution in [0.4, 0.5) is 0 Å². The van der Waals surface area contributed by atoms with Crippen molar-refractivity contribution in [1.29, 1.82) is 0 Å². The molecule has 0 spiro atoms. The summed E-state index contributed by atoms with van der Waals surface area (Å²) in [6.07, 6.45) is 4.57. The average Bonchev–Trinajstić information content (AvgIpc) is 3.03. The van der Waals surface area contributed by atoms with Gasteiger partial charge in [0, 0.05) is 30.2 Å². The average molecular weight is 293 g/mol. The molecule has 1 fully saturated rings. The zero-order valence-electron chi connectivity index (χ0n) is 13.6. The first-order chi connectivity index (χ1) is 9.94. The Hall–Kier alpha value is -1.36. The molecule has 2 rings (SSSR count). The molecule has 1 amide bonds. The van der Waals surface area contributed by atoms with Crippen LogP contribution in [0.2, 0.25) is 0 Å². The monoisotopic (exact) mass is 293 g/mol. The Morgan fingerprint density at radius 2 is 2.24 bits per heavy atom. The molecular formula is C16H27N3O2. The summed E-state index contributed by atoms with van der Waals surface area (Å²) < 4.78 is 1.88. The van der Waals surface area contributed by atoms with Gasteiger partial charge in [0.25, 0.3) is 5.91 Å². The van der Waals surface area contributed by atoms with Crippen LogP contribution in [0.25, 0.3) is 0 Å². The Morgan fingerprint density at radius 1 is 1.52 bits per heavy atom. The van der Waals surface area contributed by atoms with Crippen molar-refractivity contribution in [3.05, 3.63) is 17.5 Å². The molecule has 1 N–H and O–H groups in total. The van der Waals surface area contributed by atoms with Gasteiger partial charge < -0.3 is 10.0 Å². The fourth-order valence-electron chi connectivity index (χ4n) is 3.38. The number of hydrogen-bond donors (Lipinski definition) is 1. The number of nitrogens with zero attached hydrogens (tertiary/aromatic N) is 3. The minimum absolute atomic E-state index is 0.0471. The van der Waals surface area contributed by atoms with E-state index in [9.17, 15) is 9.90 Å². The predicted octanol–water partition coefficient (Wildman–Crippen LogP) is 2.40. The first-order valence-corrected chi connectivity index (χ1v) is 7.88. The van der Waals surface area contributed by atoms with Crippen molar-refractivity contribution in [2.75, 3.05) is 19.7 Å². The van der Waals surface area contributed by atoms with Crippen LogP contribution in [-0.4, -0.2) is 45.4 Å². The van der Waals surface area contributed by atoms with Gasteiger partial charge in [-0.1, -0.05) is 13.3 Å². The Kier molecular flexibility index (Phi) is 4.71. The van der Waals surface area contributed by atoms with E-state index in [1.54, 1.807) is 6.20 Å². The second-order valence-electron chi connectivity index (χ2n) is 6.57. The van der Waals surface area contributed by atoms with Gasteiger partial charge in [-0.3, -0.25) is 9.48 Å². The lowest BCUT2D eigenvalue weighted by molar-refractivity contribution is 0.0728. The van der Waals surface area contributed by atoms with Crippen LogP contribution >= 0.6 is 0 Å². The first-order valence-electron chi connectivity index (χ1n) is 7.88. The highest BCUT2D eigenvalue weighted by molar-refractivity contribution is 5.95. The molecule has 5 heteroatoms.